The Morgan fingerprint density at radius 1 is 1.12 bits per heavy atom. The zero-order valence-corrected chi connectivity index (χ0v) is 24.8. The molecule has 43 heavy (non-hydrogen) atoms. The Labute approximate surface area is 250 Å². The van der Waals surface area contributed by atoms with Gasteiger partial charge in [-0.05, 0) is 43.7 Å². The van der Waals surface area contributed by atoms with Crippen LogP contribution < -0.4 is 26.0 Å². The van der Waals surface area contributed by atoms with Gasteiger partial charge in [0.25, 0.3) is 11.8 Å². The third-order valence-corrected chi connectivity index (χ3v) is 7.19. The number of nitrogens with zero attached hydrogens (tertiary/aromatic N) is 2. The normalized spacial score (nSPS) is 20.1. The van der Waals surface area contributed by atoms with Crippen molar-refractivity contribution in [2.75, 3.05) is 13.7 Å². The van der Waals surface area contributed by atoms with E-state index in [1.165, 1.54) is 19.6 Å². The van der Waals surface area contributed by atoms with Crippen LogP contribution in [-0.4, -0.2) is 59.3 Å². The fraction of sp³-hybridized carbons (Fsp3) is 0.419. The molecule has 12 nitrogen and oxygen atoms in total. The Kier molecular flexibility index (Phi) is 10.5. The summed E-state index contributed by atoms with van der Waals surface area (Å²) in [7, 11) is 1.44. The van der Waals surface area contributed by atoms with Gasteiger partial charge in [-0.2, -0.15) is 0 Å². The first kappa shape index (κ1) is 31.2. The summed E-state index contributed by atoms with van der Waals surface area (Å²) in [6.07, 6.45) is 4.39. The highest BCUT2D eigenvalue weighted by Crippen LogP contribution is 2.21. The molecule has 0 aliphatic carbocycles. The van der Waals surface area contributed by atoms with Gasteiger partial charge in [-0.1, -0.05) is 44.2 Å². The van der Waals surface area contributed by atoms with Crippen LogP contribution in [0.25, 0.3) is 0 Å². The summed E-state index contributed by atoms with van der Waals surface area (Å²) < 4.78 is 11.0. The van der Waals surface area contributed by atoms with Gasteiger partial charge >= 0.3 is 0 Å². The molecule has 4 N–H and O–H groups in total. The highest BCUT2D eigenvalue weighted by Gasteiger charge is 2.32. The molecule has 4 rings (SSSR count). The number of nitrogens with one attached hydrogen (secondary N) is 4. The quantitative estimate of drug-likeness (QED) is 0.340. The molecule has 0 saturated carbocycles. The van der Waals surface area contributed by atoms with Crippen molar-refractivity contribution in [3.8, 4) is 5.75 Å². The van der Waals surface area contributed by atoms with Crippen LogP contribution >= 0.6 is 0 Å². The summed E-state index contributed by atoms with van der Waals surface area (Å²) in [5.74, 6) is -1.69. The molecule has 0 saturated heterocycles. The number of amides is 4. The number of aromatic nitrogens is 2. The molecule has 1 aliphatic heterocycles. The standard InChI is InChI=1S/C31H38N6O6/c1-18(2)26-30(41)35-23(15-20-10-6-5-7-11-20)31-36-24(17-43-31)28(39)32-13-9-8-12-22(29(40)37-26)34-27(38)21-14-19(3)33-16-25(21)42-4/h5-7,10-11,14,16-18,22-23,26H,8-9,12-13,15H2,1-4H3,(H,32,39)(H,34,38)(H,35,41)(H,37,40)/t22-,23+,26-/m0/s1. The Hall–Kier alpha value is -4.74. The summed E-state index contributed by atoms with van der Waals surface area (Å²) >= 11 is 0. The molecule has 2 bridgehead atoms. The third-order valence-electron chi connectivity index (χ3n) is 7.19. The van der Waals surface area contributed by atoms with Crippen molar-refractivity contribution in [3.63, 3.8) is 0 Å². The number of carbonyl (C=O) groups excluding carboxylic acids is 4. The van der Waals surface area contributed by atoms with Gasteiger partial charge in [0, 0.05) is 18.7 Å². The maximum Gasteiger partial charge on any atom is 0.273 e. The molecule has 3 aromatic rings. The van der Waals surface area contributed by atoms with Crippen LogP contribution in [-0.2, 0) is 16.0 Å². The van der Waals surface area contributed by atoms with E-state index in [4.69, 9.17) is 9.15 Å². The molecule has 4 amide bonds. The van der Waals surface area contributed by atoms with Crippen LogP contribution in [0.1, 0.15) is 77.1 Å². The van der Waals surface area contributed by atoms with Crippen molar-refractivity contribution < 1.29 is 28.3 Å². The van der Waals surface area contributed by atoms with E-state index in [0.717, 1.165) is 5.56 Å². The van der Waals surface area contributed by atoms with E-state index in [1.54, 1.807) is 13.0 Å². The molecule has 0 fully saturated rings. The molecular formula is C31H38N6O6. The van der Waals surface area contributed by atoms with Gasteiger partial charge in [0.2, 0.25) is 17.7 Å². The first-order valence-corrected chi connectivity index (χ1v) is 14.4. The first-order chi connectivity index (χ1) is 20.7. The second kappa shape index (κ2) is 14.4. The minimum Gasteiger partial charge on any atom is -0.494 e. The number of pyridine rings is 1. The highest BCUT2D eigenvalue weighted by molar-refractivity contribution is 6.00. The topological polar surface area (TPSA) is 165 Å². The van der Waals surface area contributed by atoms with Gasteiger partial charge in [0.05, 0.1) is 18.9 Å². The van der Waals surface area contributed by atoms with Crippen LogP contribution in [0.4, 0.5) is 0 Å². The van der Waals surface area contributed by atoms with Crippen LogP contribution in [0.5, 0.6) is 5.75 Å². The third kappa shape index (κ3) is 8.18. The maximum absolute atomic E-state index is 13.7. The van der Waals surface area contributed by atoms with Gasteiger partial charge in [0.15, 0.2) is 5.69 Å². The van der Waals surface area contributed by atoms with Crippen LogP contribution in [0.2, 0.25) is 0 Å². The van der Waals surface area contributed by atoms with E-state index in [0.29, 0.717) is 31.5 Å². The van der Waals surface area contributed by atoms with Crippen molar-refractivity contribution in [1.82, 2.24) is 31.2 Å². The van der Waals surface area contributed by atoms with Crippen molar-refractivity contribution in [3.05, 3.63) is 77.3 Å². The largest absolute Gasteiger partial charge is 0.494 e. The number of benzene rings is 1. The zero-order valence-electron chi connectivity index (χ0n) is 24.8. The average molecular weight is 591 g/mol. The van der Waals surface area contributed by atoms with E-state index in [1.807, 2.05) is 44.2 Å². The van der Waals surface area contributed by atoms with Gasteiger partial charge in [-0.25, -0.2) is 4.98 Å². The van der Waals surface area contributed by atoms with E-state index in [2.05, 4.69) is 31.2 Å². The molecule has 3 heterocycles. The van der Waals surface area contributed by atoms with Crippen molar-refractivity contribution in [1.29, 1.82) is 0 Å². The molecule has 0 unspecified atom stereocenters. The van der Waals surface area contributed by atoms with E-state index in [-0.39, 0.29) is 35.2 Å². The average Bonchev–Trinajstić information content (AvgIpc) is 3.49. The summed E-state index contributed by atoms with van der Waals surface area (Å²) in [6, 6.07) is 8.49. The smallest absolute Gasteiger partial charge is 0.273 e. The zero-order chi connectivity index (χ0) is 30.9. The lowest BCUT2D eigenvalue weighted by Gasteiger charge is -2.27. The molecule has 3 atom stereocenters. The molecule has 1 aromatic carbocycles. The lowest BCUT2D eigenvalue weighted by Crippen LogP contribution is -2.56. The van der Waals surface area contributed by atoms with Crippen molar-refractivity contribution in [2.45, 2.75) is 64.6 Å². The van der Waals surface area contributed by atoms with Gasteiger partial charge in [-0.3, -0.25) is 24.2 Å². The number of carbonyl (C=O) groups is 4. The first-order valence-electron chi connectivity index (χ1n) is 14.4. The van der Waals surface area contributed by atoms with Crippen molar-refractivity contribution in [2.24, 2.45) is 5.92 Å². The molecule has 0 radical (unpaired) electrons. The summed E-state index contributed by atoms with van der Waals surface area (Å²) in [4.78, 5) is 61.9. The number of fused-ring (bicyclic) bond motifs is 2. The van der Waals surface area contributed by atoms with Crippen LogP contribution in [0.15, 0.2) is 53.3 Å². The van der Waals surface area contributed by atoms with Gasteiger partial charge < -0.3 is 30.4 Å². The lowest BCUT2D eigenvalue weighted by atomic mass is 10.00. The number of hydrogen-bond donors (Lipinski definition) is 4. The van der Waals surface area contributed by atoms with Crippen LogP contribution in [0, 0.1) is 12.8 Å². The number of aryl methyl sites for hydroxylation is 1. The fourth-order valence-electron chi connectivity index (χ4n) is 4.81. The van der Waals surface area contributed by atoms with Crippen molar-refractivity contribution >= 4 is 23.6 Å². The Morgan fingerprint density at radius 2 is 1.88 bits per heavy atom. The Morgan fingerprint density at radius 3 is 2.60 bits per heavy atom. The Balaban J connectivity index is 1.61. The molecule has 2 aromatic heterocycles. The van der Waals surface area contributed by atoms with E-state index >= 15 is 0 Å². The Bertz CT molecular complexity index is 1440. The molecule has 0 spiro atoms. The fourth-order valence-corrected chi connectivity index (χ4v) is 4.81. The molecular weight excluding hydrogens is 552 g/mol. The molecule has 12 heteroatoms. The number of ether oxygens (including phenoxy) is 1. The van der Waals surface area contributed by atoms with Gasteiger partial charge in [-0.15, -0.1) is 0 Å². The summed E-state index contributed by atoms with van der Waals surface area (Å²) in [5, 5.41) is 11.4. The highest BCUT2D eigenvalue weighted by atomic mass is 16.5. The molecule has 1 aliphatic rings. The molecule has 228 valence electrons. The monoisotopic (exact) mass is 590 g/mol. The maximum atomic E-state index is 13.7. The number of hydrogen-bond acceptors (Lipinski definition) is 8. The predicted molar refractivity (Wildman–Crippen MR) is 157 cm³/mol. The number of rotatable bonds is 6. The van der Waals surface area contributed by atoms with E-state index < -0.39 is 41.8 Å². The van der Waals surface area contributed by atoms with E-state index in [9.17, 15) is 19.2 Å². The number of methoxy groups -OCH3 is 1. The van der Waals surface area contributed by atoms with Gasteiger partial charge in [0.1, 0.15) is 30.1 Å². The second-order valence-corrected chi connectivity index (χ2v) is 10.9. The summed E-state index contributed by atoms with van der Waals surface area (Å²) in [6.45, 7) is 5.72. The number of oxazole rings is 1. The minimum atomic E-state index is -0.949. The minimum absolute atomic E-state index is 0.106. The SMILES string of the molecule is COc1cnc(C)cc1C(=O)N[C@H]1CCCCNC(=O)c2coc(n2)[C@@H](Cc2ccccc2)NC(=O)[C@H](C(C)C)NC1=O. The summed E-state index contributed by atoms with van der Waals surface area (Å²) in [5.41, 5.74) is 1.88. The van der Waals surface area contributed by atoms with Crippen LogP contribution in [0.3, 0.4) is 0 Å². The predicted octanol–water partition coefficient (Wildman–Crippen LogP) is 2.64. The second-order valence-electron chi connectivity index (χ2n) is 10.9. The lowest BCUT2D eigenvalue weighted by molar-refractivity contribution is -0.131.